The molecule has 3 nitrogen and oxygen atoms in total. The van der Waals surface area contributed by atoms with Crippen LogP contribution in [0.25, 0.3) is 0 Å². The van der Waals surface area contributed by atoms with Crippen molar-refractivity contribution in [2.75, 3.05) is 33.9 Å². The highest BCUT2D eigenvalue weighted by molar-refractivity contribution is 5.42. The van der Waals surface area contributed by atoms with E-state index in [2.05, 4.69) is 17.0 Å². The van der Waals surface area contributed by atoms with Crippen molar-refractivity contribution in [2.24, 2.45) is 0 Å². The van der Waals surface area contributed by atoms with Gasteiger partial charge in [-0.25, -0.2) is 0 Å². The van der Waals surface area contributed by atoms with E-state index in [-0.39, 0.29) is 0 Å². The van der Waals surface area contributed by atoms with E-state index in [1.54, 1.807) is 14.2 Å². The minimum absolute atomic E-state index is 0.806. The molecule has 0 aromatic heterocycles. The van der Waals surface area contributed by atoms with Crippen LogP contribution in [0.2, 0.25) is 0 Å². The Kier molecular flexibility index (Phi) is 4.88. The number of rotatable bonds is 6. The summed E-state index contributed by atoms with van der Waals surface area (Å²) < 4.78 is 10.6. The fraction of sp³-hybridized carbons (Fsp3) is 0.600. The molecule has 1 aromatic carbocycles. The van der Waals surface area contributed by atoms with Crippen LogP contribution in [0.5, 0.6) is 11.5 Å². The number of hydrogen-bond acceptors (Lipinski definition) is 3. The molecule has 0 radical (unpaired) electrons. The molecule has 1 heterocycles. The van der Waals surface area contributed by atoms with E-state index in [4.69, 9.17) is 9.47 Å². The number of benzene rings is 1. The van der Waals surface area contributed by atoms with Gasteiger partial charge in [-0.15, -0.1) is 0 Å². The maximum Gasteiger partial charge on any atom is 0.160 e. The van der Waals surface area contributed by atoms with Gasteiger partial charge in [-0.05, 0) is 63.0 Å². The van der Waals surface area contributed by atoms with Crippen molar-refractivity contribution in [3.8, 4) is 11.5 Å². The fourth-order valence-electron chi connectivity index (χ4n) is 2.55. The van der Waals surface area contributed by atoms with Gasteiger partial charge in [0.05, 0.1) is 14.2 Å². The molecular weight excluding hydrogens is 226 g/mol. The predicted octanol–water partition coefficient (Wildman–Crippen LogP) is 2.73. The first-order valence-electron chi connectivity index (χ1n) is 6.77. The van der Waals surface area contributed by atoms with E-state index >= 15 is 0 Å². The quantitative estimate of drug-likeness (QED) is 0.774. The lowest BCUT2D eigenvalue weighted by Gasteiger charge is -2.14. The third-order valence-corrected chi connectivity index (χ3v) is 3.59. The Morgan fingerprint density at radius 3 is 2.44 bits per heavy atom. The van der Waals surface area contributed by atoms with Gasteiger partial charge in [-0.2, -0.15) is 0 Å². The van der Waals surface area contributed by atoms with Crippen LogP contribution in [0.4, 0.5) is 0 Å². The van der Waals surface area contributed by atoms with Crippen molar-refractivity contribution in [1.29, 1.82) is 0 Å². The Hall–Kier alpha value is -1.22. The lowest BCUT2D eigenvalue weighted by Crippen LogP contribution is -2.20. The molecule has 0 bridgehead atoms. The second kappa shape index (κ2) is 6.64. The maximum absolute atomic E-state index is 5.32. The first-order valence-corrected chi connectivity index (χ1v) is 6.77. The lowest BCUT2D eigenvalue weighted by molar-refractivity contribution is 0.333. The Bertz CT molecular complexity index is 373. The van der Waals surface area contributed by atoms with Crippen LogP contribution in [-0.2, 0) is 6.42 Å². The standard InChI is InChI=1S/C15H23NO2/c1-17-14-8-7-13(12-15(14)18-2)6-5-11-16-9-3-4-10-16/h7-8,12H,3-6,9-11H2,1-2H3. The smallest absolute Gasteiger partial charge is 0.160 e. The van der Waals surface area contributed by atoms with Gasteiger partial charge < -0.3 is 14.4 Å². The molecule has 0 N–H and O–H groups in total. The highest BCUT2D eigenvalue weighted by Crippen LogP contribution is 2.28. The molecular formula is C15H23NO2. The van der Waals surface area contributed by atoms with Crippen molar-refractivity contribution in [1.82, 2.24) is 4.90 Å². The average molecular weight is 249 g/mol. The summed E-state index contributed by atoms with van der Waals surface area (Å²) in [6, 6.07) is 6.21. The molecule has 0 atom stereocenters. The number of hydrogen-bond donors (Lipinski definition) is 0. The van der Waals surface area contributed by atoms with Crippen LogP contribution in [0.1, 0.15) is 24.8 Å². The van der Waals surface area contributed by atoms with Crippen molar-refractivity contribution in [3.05, 3.63) is 23.8 Å². The summed E-state index contributed by atoms with van der Waals surface area (Å²) in [5.41, 5.74) is 1.33. The minimum atomic E-state index is 0.806. The summed E-state index contributed by atoms with van der Waals surface area (Å²) in [4.78, 5) is 2.56. The van der Waals surface area contributed by atoms with Crippen LogP contribution >= 0.6 is 0 Å². The van der Waals surface area contributed by atoms with Gasteiger partial charge in [-0.3, -0.25) is 0 Å². The highest BCUT2D eigenvalue weighted by atomic mass is 16.5. The van der Waals surface area contributed by atoms with E-state index in [0.717, 1.165) is 17.9 Å². The molecule has 1 aliphatic heterocycles. The summed E-state index contributed by atoms with van der Waals surface area (Å²) in [5.74, 6) is 1.64. The highest BCUT2D eigenvalue weighted by Gasteiger charge is 2.10. The molecule has 0 saturated carbocycles. The van der Waals surface area contributed by atoms with Crippen molar-refractivity contribution < 1.29 is 9.47 Å². The molecule has 0 spiro atoms. The molecule has 18 heavy (non-hydrogen) atoms. The van der Waals surface area contributed by atoms with Gasteiger partial charge in [-0.1, -0.05) is 6.07 Å². The summed E-state index contributed by atoms with van der Waals surface area (Å²) >= 11 is 0. The lowest BCUT2D eigenvalue weighted by atomic mass is 10.1. The first-order chi connectivity index (χ1) is 8.83. The normalized spacial score (nSPS) is 15.9. The van der Waals surface area contributed by atoms with E-state index < -0.39 is 0 Å². The van der Waals surface area contributed by atoms with Crippen LogP contribution in [0.3, 0.4) is 0 Å². The molecule has 0 aliphatic carbocycles. The molecule has 3 heteroatoms. The number of nitrogens with zero attached hydrogens (tertiary/aromatic N) is 1. The van der Waals surface area contributed by atoms with Crippen LogP contribution < -0.4 is 9.47 Å². The first kappa shape index (κ1) is 13.2. The summed E-state index contributed by atoms with van der Waals surface area (Å²) in [7, 11) is 3.36. The summed E-state index contributed by atoms with van der Waals surface area (Å²) in [5, 5.41) is 0. The third kappa shape index (κ3) is 3.39. The number of ether oxygens (including phenoxy) is 2. The van der Waals surface area contributed by atoms with E-state index in [1.807, 2.05) is 6.07 Å². The zero-order valence-corrected chi connectivity index (χ0v) is 11.4. The molecule has 1 aliphatic rings. The van der Waals surface area contributed by atoms with Gasteiger partial charge >= 0.3 is 0 Å². The van der Waals surface area contributed by atoms with E-state index in [1.165, 1.54) is 44.5 Å². The number of aryl methyl sites for hydroxylation is 1. The molecule has 0 amide bonds. The van der Waals surface area contributed by atoms with Gasteiger partial charge in [0.2, 0.25) is 0 Å². The van der Waals surface area contributed by atoms with Crippen LogP contribution in [0, 0.1) is 0 Å². The SMILES string of the molecule is COc1ccc(CCCN2CCCC2)cc1OC. The van der Waals surface area contributed by atoms with Crippen LogP contribution in [-0.4, -0.2) is 38.8 Å². The van der Waals surface area contributed by atoms with Crippen molar-refractivity contribution in [2.45, 2.75) is 25.7 Å². The summed E-state index contributed by atoms with van der Waals surface area (Å²) in [6.07, 6.45) is 5.07. The molecule has 1 aromatic rings. The Morgan fingerprint density at radius 2 is 1.78 bits per heavy atom. The number of methoxy groups -OCH3 is 2. The van der Waals surface area contributed by atoms with Gasteiger partial charge in [0.15, 0.2) is 11.5 Å². The zero-order valence-electron chi connectivity index (χ0n) is 11.4. The molecule has 1 saturated heterocycles. The Morgan fingerprint density at radius 1 is 1.06 bits per heavy atom. The van der Waals surface area contributed by atoms with E-state index in [0.29, 0.717) is 0 Å². The third-order valence-electron chi connectivity index (χ3n) is 3.59. The van der Waals surface area contributed by atoms with Gasteiger partial charge in [0.1, 0.15) is 0 Å². The Labute approximate surface area is 110 Å². The van der Waals surface area contributed by atoms with E-state index in [9.17, 15) is 0 Å². The average Bonchev–Trinajstić information content (AvgIpc) is 2.91. The van der Waals surface area contributed by atoms with Gasteiger partial charge in [0.25, 0.3) is 0 Å². The second-order valence-electron chi connectivity index (χ2n) is 4.84. The topological polar surface area (TPSA) is 21.7 Å². The maximum atomic E-state index is 5.32. The molecule has 1 fully saturated rings. The number of likely N-dealkylation sites (tertiary alicyclic amines) is 1. The largest absolute Gasteiger partial charge is 0.493 e. The molecule has 2 rings (SSSR count). The zero-order chi connectivity index (χ0) is 12.8. The van der Waals surface area contributed by atoms with Crippen molar-refractivity contribution in [3.63, 3.8) is 0 Å². The molecule has 0 unspecified atom stereocenters. The van der Waals surface area contributed by atoms with Crippen LogP contribution in [0.15, 0.2) is 18.2 Å². The Balaban J connectivity index is 1.84. The predicted molar refractivity (Wildman–Crippen MR) is 73.5 cm³/mol. The minimum Gasteiger partial charge on any atom is -0.493 e. The van der Waals surface area contributed by atoms with Gasteiger partial charge in [0, 0.05) is 0 Å². The fourth-order valence-corrected chi connectivity index (χ4v) is 2.55. The van der Waals surface area contributed by atoms with Crippen molar-refractivity contribution >= 4 is 0 Å². The monoisotopic (exact) mass is 249 g/mol. The molecule has 100 valence electrons. The second-order valence-corrected chi connectivity index (χ2v) is 4.84. The summed E-state index contributed by atoms with van der Waals surface area (Å²) in [6.45, 7) is 3.78.